The average Bonchev–Trinajstić information content (AvgIpc) is 2.70. The number of nitrogens with one attached hydrogen (secondary N) is 1. The Balaban J connectivity index is 1.51. The zero-order valence-electron chi connectivity index (χ0n) is 14.2. The van der Waals surface area contributed by atoms with Gasteiger partial charge in [0.25, 0.3) is 5.91 Å². The lowest BCUT2D eigenvalue weighted by Gasteiger charge is -2.07. The molecule has 0 aliphatic carbocycles. The van der Waals surface area contributed by atoms with E-state index in [1.54, 1.807) is 18.2 Å². The molecule has 0 saturated heterocycles. The smallest absolute Gasteiger partial charge is 0.277 e. The number of benzene rings is 3. The lowest BCUT2D eigenvalue weighted by atomic mass is 10.1. The number of nitrogens with zero attached hydrogens (tertiary/aromatic N) is 1. The molecule has 136 valence electrons. The maximum atomic E-state index is 11.8. The van der Waals surface area contributed by atoms with Crippen molar-refractivity contribution in [1.29, 1.82) is 0 Å². The molecule has 6 heteroatoms. The van der Waals surface area contributed by atoms with Crippen molar-refractivity contribution in [2.24, 2.45) is 5.10 Å². The summed E-state index contributed by atoms with van der Waals surface area (Å²) in [5, 5.41) is 4.76. The van der Waals surface area contributed by atoms with Gasteiger partial charge < -0.3 is 4.74 Å². The molecular formula is C21H16Cl2N2O2. The van der Waals surface area contributed by atoms with Crippen LogP contribution in [-0.2, 0) is 4.79 Å². The summed E-state index contributed by atoms with van der Waals surface area (Å²) < 4.78 is 5.47. The summed E-state index contributed by atoms with van der Waals surface area (Å²) in [5.41, 5.74) is 5.12. The molecule has 0 bridgehead atoms. The summed E-state index contributed by atoms with van der Waals surface area (Å²) in [6.45, 7) is -0.154. The average molecular weight is 399 g/mol. The van der Waals surface area contributed by atoms with Gasteiger partial charge in [-0.3, -0.25) is 4.79 Å². The van der Waals surface area contributed by atoms with Gasteiger partial charge in [0, 0.05) is 5.56 Å². The van der Waals surface area contributed by atoms with Crippen LogP contribution in [0.25, 0.3) is 11.1 Å². The minimum Gasteiger partial charge on any atom is -0.484 e. The van der Waals surface area contributed by atoms with E-state index in [1.807, 2.05) is 54.6 Å². The summed E-state index contributed by atoms with van der Waals surface area (Å²) in [6.07, 6.45) is 1.40. The molecule has 3 rings (SSSR count). The molecule has 0 aliphatic rings. The van der Waals surface area contributed by atoms with Crippen LogP contribution in [-0.4, -0.2) is 18.7 Å². The van der Waals surface area contributed by atoms with Gasteiger partial charge in [0.15, 0.2) is 6.61 Å². The van der Waals surface area contributed by atoms with Gasteiger partial charge in [-0.2, -0.15) is 5.10 Å². The van der Waals surface area contributed by atoms with Crippen molar-refractivity contribution >= 4 is 35.3 Å². The highest BCUT2D eigenvalue weighted by Crippen LogP contribution is 2.23. The van der Waals surface area contributed by atoms with Crippen LogP contribution in [0.15, 0.2) is 77.9 Å². The molecule has 3 aromatic carbocycles. The third-order valence-corrected chi connectivity index (χ3v) is 4.37. The van der Waals surface area contributed by atoms with Gasteiger partial charge in [0.2, 0.25) is 0 Å². The molecule has 0 heterocycles. The van der Waals surface area contributed by atoms with Crippen LogP contribution in [0.1, 0.15) is 5.56 Å². The van der Waals surface area contributed by atoms with Crippen LogP contribution in [0.2, 0.25) is 10.0 Å². The van der Waals surface area contributed by atoms with E-state index < -0.39 is 0 Å². The number of hydrazone groups is 1. The second-order valence-corrected chi connectivity index (χ2v) is 6.42. The van der Waals surface area contributed by atoms with Gasteiger partial charge in [-0.15, -0.1) is 0 Å². The molecule has 3 aromatic rings. The molecule has 1 N–H and O–H groups in total. The fourth-order valence-electron chi connectivity index (χ4n) is 2.36. The zero-order valence-corrected chi connectivity index (χ0v) is 15.7. The predicted octanol–water partition coefficient (Wildman–Crippen LogP) is 5.19. The molecule has 0 saturated carbocycles. The fraction of sp³-hybridized carbons (Fsp3) is 0.0476. The topological polar surface area (TPSA) is 50.7 Å². The Morgan fingerprint density at radius 1 is 0.889 bits per heavy atom. The first-order valence-electron chi connectivity index (χ1n) is 8.17. The third-order valence-electron chi connectivity index (χ3n) is 3.71. The maximum absolute atomic E-state index is 11.8. The van der Waals surface area contributed by atoms with E-state index in [9.17, 15) is 4.79 Å². The molecular weight excluding hydrogens is 383 g/mol. The molecule has 27 heavy (non-hydrogen) atoms. The SMILES string of the molecule is O=C(COc1ccc(-c2ccccc2)cc1)NN=Cc1c(Cl)cccc1Cl. The zero-order chi connectivity index (χ0) is 19.1. The number of carbonyl (C=O) groups is 1. The van der Waals surface area contributed by atoms with Gasteiger partial charge in [-0.1, -0.05) is 71.7 Å². The standard InChI is InChI=1S/C21H16Cl2N2O2/c22-19-7-4-8-20(23)18(19)13-24-25-21(26)14-27-17-11-9-16(10-12-17)15-5-2-1-3-6-15/h1-13H,14H2,(H,25,26). The molecule has 0 unspecified atom stereocenters. The van der Waals surface area contributed by atoms with E-state index in [1.165, 1.54) is 6.21 Å². The second-order valence-electron chi connectivity index (χ2n) is 5.61. The Hall–Kier alpha value is -2.82. The minimum absolute atomic E-state index is 0.154. The maximum Gasteiger partial charge on any atom is 0.277 e. The molecule has 1 amide bonds. The molecule has 4 nitrogen and oxygen atoms in total. The fourth-order valence-corrected chi connectivity index (χ4v) is 2.85. The van der Waals surface area contributed by atoms with Crippen molar-refractivity contribution in [2.75, 3.05) is 6.61 Å². The van der Waals surface area contributed by atoms with E-state index in [2.05, 4.69) is 10.5 Å². The molecule has 0 aromatic heterocycles. The number of hydrogen-bond donors (Lipinski definition) is 1. The van der Waals surface area contributed by atoms with Gasteiger partial charge in [0.1, 0.15) is 5.75 Å². The normalized spacial score (nSPS) is 10.7. The van der Waals surface area contributed by atoms with Crippen molar-refractivity contribution in [3.63, 3.8) is 0 Å². The highest BCUT2D eigenvalue weighted by molar-refractivity contribution is 6.38. The predicted molar refractivity (Wildman–Crippen MR) is 110 cm³/mol. The Labute approximate surface area is 167 Å². The second kappa shape index (κ2) is 9.21. The third kappa shape index (κ3) is 5.33. The van der Waals surface area contributed by atoms with Crippen molar-refractivity contribution in [2.45, 2.75) is 0 Å². The lowest BCUT2D eigenvalue weighted by Crippen LogP contribution is -2.24. The van der Waals surface area contributed by atoms with Gasteiger partial charge >= 0.3 is 0 Å². The van der Waals surface area contributed by atoms with Crippen LogP contribution >= 0.6 is 23.2 Å². The van der Waals surface area contributed by atoms with Gasteiger partial charge in [-0.25, -0.2) is 5.43 Å². The Kier molecular flexibility index (Phi) is 6.47. The van der Waals surface area contributed by atoms with E-state index in [-0.39, 0.29) is 12.5 Å². The highest BCUT2D eigenvalue weighted by Gasteiger charge is 2.04. The van der Waals surface area contributed by atoms with E-state index in [0.717, 1.165) is 11.1 Å². The van der Waals surface area contributed by atoms with Crippen molar-refractivity contribution < 1.29 is 9.53 Å². The Bertz CT molecular complexity index is 922. The van der Waals surface area contributed by atoms with Gasteiger partial charge in [0.05, 0.1) is 16.3 Å². The minimum atomic E-state index is -0.387. The summed E-state index contributed by atoms with van der Waals surface area (Å²) in [7, 11) is 0. The molecule has 0 atom stereocenters. The quantitative estimate of drug-likeness (QED) is 0.458. The van der Waals surface area contributed by atoms with Crippen molar-refractivity contribution in [3.05, 3.63) is 88.4 Å². The molecule has 0 fully saturated rings. The van der Waals surface area contributed by atoms with Crippen molar-refractivity contribution in [1.82, 2.24) is 5.43 Å². The first-order valence-corrected chi connectivity index (χ1v) is 8.93. The van der Waals surface area contributed by atoms with Crippen LogP contribution in [0.3, 0.4) is 0 Å². The Morgan fingerprint density at radius 3 is 2.19 bits per heavy atom. The van der Waals surface area contributed by atoms with Crippen LogP contribution in [0.4, 0.5) is 0 Å². The number of rotatable bonds is 6. The largest absolute Gasteiger partial charge is 0.484 e. The van der Waals surface area contributed by atoms with E-state index >= 15 is 0 Å². The number of halogens is 2. The monoisotopic (exact) mass is 398 g/mol. The van der Waals surface area contributed by atoms with Crippen molar-refractivity contribution in [3.8, 4) is 16.9 Å². The highest BCUT2D eigenvalue weighted by atomic mass is 35.5. The lowest BCUT2D eigenvalue weighted by molar-refractivity contribution is -0.123. The summed E-state index contributed by atoms with van der Waals surface area (Å²) in [6, 6.07) is 22.7. The Morgan fingerprint density at radius 2 is 1.52 bits per heavy atom. The molecule has 0 spiro atoms. The van der Waals surface area contributed by atoms with E-state index in [4.69, 9.17) is 27.9 Å². The summed E-state index contributed by atoms with van der Waals surface area (Å²) in [5.74, 6) is 0.213. The van der Waals surface area contributed by atoms with Crippen LogP contribution < -0.4 is 10.2 Å². The van der Waals surface area contributed by atoms with Crippen LogP contribution in [0, 0.1) is 0 Å². The van der Waals surface area contributed by atoms with Crippen LogP contribution in [0.5, 0.6) is 5.75 Å². The number of hydrogen-bond acceptors (Lipinski definition) is 3. The van der Waals surface area contributed by atoms with Gasteiger partial charge in [-0.05, 0) is 35.4 Å². The number of amides is 1. The number of ether oxygens (including phenoxy) is 1. The first kappa shape index (κ1) is 19.0. The summed E-state index contributed by atoms with van der Waals surface area (Å²) in [4.78, 5) is 11.8. The van der Waals surface area contributed by atoms with E-state index in [0.29, 0.717) is 21.4 Å². The number of carbonyl (C=O) groups excluding carboxylic acids is 1. The molecule has 0 radical (unpaired) electrons. The molecule has 0 aliphatic heterocycles. The first-order chi connectivity index (χ1) is 13.1. The summed E-state index contributed by atoms with van der Waals surface area (Å²) >= 11 is 12.1.